The number of methoxy groups -OCH3 is 1. The number of thioether (sulfide) groups is 1. The summed E-state index contributed by atoms with van der Waals surface area (Å²) in [6, 6.07) is 5.06. The van der Waals surface area contributed by atoms with Gasteiger partial charge in [0, 0.05) is 28.7 Å². The van der Waals surface area contributed by atoms with Crippen molar-refractivity contribution in [3.05, 3.63) is 63.1 Å². The quantitative estimate of drug-likeness (QED) is 0.463. The Balaban J connectivity index is 2.30. The third kappa shape index (κ3) is 4.46. The van der Waals surface area contributed by atoms with Gasteiger partial charge < -0.3 is 9.64 Å². The lowest BCUT2D eigenvalue weighted by molar-refractivity contribution is 0.104. The summed E-state index contributed by atoms with van der Waals surface area (Å²) in [4.78, 5) is 15.9. The summed E-state index contributed by atoms with van der Waals surface area (Å²) >= 11 is 7.60. The second-order valence-corrected chi connectivity index (χ2v) is 7.11. The van der Waals surface area contributed by atoms with Crippen LogP contribution < -0.4 is 4.74 Å². The van der Waals surface area contributed by atoms with Crippen LogP contribution in [0.1, 0.15) is 37.0 Å². The average molecular weight is 364 g/mol. The van der Waals surface area contributed by atoms with Gasteiger partial charge in [-0.3, -0.25) is 4.79 Å². The number of halogens is 1. The summed E-state index contributed by atoms with van der Waals surface area (Å²) in [6.07, 6.45) is 5.88. The molecule has 0 saturated heterocycles. The fourth-order valence-corrected chi connectivity index (χ4v) is 3.46. The first-order valence-electron chi connectivity index (χ1n) is 7.88. The highest BCUT2D eigenvalue weighted by Crippen LogP contribution is 2.40. The molecule has 1 aliphatic rings. The number of unbranched alkanes of at least 4 members (excludes halogenated alkanes) is 1. The fraction of sp³-hybridized carbons (Fsp3) is 0.316. The van der Waals surface area contributed by atoms with Crippen molar-refractivity contribution in [3.63, 3.8) is 0 Å². The molecular weight excluding hydrogens is 342 g/mol. The number of carbonyl (C=O) groups is 1. The van der Waals surface area contributed by atoms with E-state index < -0.39 is 0 Å². The summed E-state index contributed by atoms with van der Waals surface area (Å²) in [5.74, 6) is 0.409. The van der Waals surface area contributed by atoms with Gasteiger partial charge in [-0.2, -0.15) is 0 Å². The van der Waals surface area contributed by atoms with Gasteiger partial charge in [0.05, 0.1) is 17.7 Å². The predicted molar refractivity (Wildman–Crippen MR) is 103 cm³/mol. The monoisotopic (exact) mass is 363 g/mol. The zero-order chi connectivity index (χ0) is 17.7. The van der Waals surface area contributed by atoms with Gasteiger partial charge in [-0.05, 0) is 37.1 Å². The lowest BCUT2D eigenvalue weighted by Crippen LogP contribution is -2.14. The molecule has 0 aromatic heterocycles. The standard InChI is InChI=1S/C19H22ClNO2S/c1-5-6-9-21-12-18(13(2)3)24-19(21)11-16(22)15-10-14(20)7-8-17(15)23-4/h7-8,10-12H,2,5-6,9H2,1,3-4H3/b19-11-. The van der Waals surface area contributed by atoms with Crippen molar-refractivity contribution < 1.29 is 9.53 Å². The van der Waals surface area contributed by atoms with Gasteiger partial charge in [0.15, 0.2) is 5.78 Å². The van der Waals surface area contributed by atoms with Crippen LogP contribution in [-0.2, 0) is 0 Å². The first-order valence-corrected chi connectivity index (χ1v) is 9.07. The molecule has 0 bridgehead atoms. The molecule has 0 radical (unpaired) electrons. The minimum Gasteiger partial charge on any atom is -0.496 e. The number of hydrogen-bond donors (Lipinski definition) is 0. The van der Waals surface area contributed by atoms with Crippen molar-refractivity contribution in [2.24, 2.45) is 0 Å². The molecule has 0 fully saturated rings. The van der Waals surface area contributed by atoms with Crippen molar-refractivity contribution in [2.45, 2.75) is 26.7 Å². The summed E-state index contributed by atoms with van der Waals surface area (Å²) in [6.45, 7) is 9.00. The van der Waals surface area contributed by atoms with E-state index in [2.05, 4.69) is 24.6 Å². The van der Waals surface area contributed by atoms with E-state index in [4.69, 9.17) is 16.3 Å². The van der Waals surface area contributed by atoms with Gasteiger partial charge in [0.25, 0.3) is 0 Å². The molecule has 0 atom stereocenters. The normalized spacial score (nSPS) is 15.6. The maximum Gasteiger partial charge on any atom is 0.192 e. The summed E-state index contributed by atoms with van der Waals surface area (Å²) in [5, 5.41) is 1.42. The molecule has 3 nitrogen and oxygen atoms in total. The third-order valence-corrected chi connectivity index (χ3v) is 5.10. The highest BCUT2D eigenvalue weighted by atomic mass is 35.5. The topological polar surface area (TPSA) is 29.5 Å². The molecule has 0 amide bonds. The molecule has 1 aromatic carbocycles. The highest BCUT2D eigenvalue weighted by Gasteiger charge is 2.21. The van der Waals surface area contributed by atoms with E-state index in [1.165, 1.54) is 0 Å². The van der Waals surface area contributed by atoms with Crippen molar-refractivity contribution in [1.29, 1.82) is 0 Å². The first kappa shape index (κ1) is 18.7. The van der Waals surface area contributed by atoms with Crippen molar-refractivity contribution in [1.82, 2.24) is 4.90 Å². The molecule has 0 saturated carbocycles. The minimum atomic E-state index is -0.116. The van der Waals surface area contributed by atoms with E-state index >= 15 is 0 Å². The van der Waals surface area contributed by atoms with E-state index in [1.54, 1.807) is 43.1 Å². The Bertz CT molecular complexity index is 709. The number of allylic oxidation sites excluding steroid dienone is 2. The molecule has 0 spiro atoms. The van der Waals surface area contributed by atoms with Crippen LogP contribution in [0, 0.1) is 0 Å². The Morgan fingerprint density at radius 1 is 1.46 bits per heavy atom. The maximum absolute atomic E-state index is 12.7. The number of nitrogens with zero attached hydrogens (tertiary/aromatic N) is 1. The Kier molecular flexibility index (Phi) is 6.58. The second-order valence-electron chi connectivity index (χ2n) is 5.61. The van der Waals surface area contributed by atoms with E-state index in [0.29, 0.717) is 16.3 Å². The zero-order valence-electron chi connectivity index (χ0n) is 14.3. The Hall–Kier alpha value is -1.65. The van der Waals surface area contributed by atoms with Crippen LogP contribution in [0.4, 0.5) is 0 Å². The van der Waals surface area contributed by atoms with Crippen molar-refractivity contribution in [3.8, 4) is 5.75 Å². The highest BCUT2D eigenvalue weighted by molar-refractivity contribution is 8.07. The maximum atomic E-state index is 12.7. The number of ketones is 1. The van der Waals surface area contributed by atoms with Crippen LogP contribution in [-0.4, -0.2) is 24.3 Å². The summed E-state index contributed by atoms with van der Waals surface area (Å²) in [5.41, 5.74) is 1.47. The minimum absolute atomic E-state index is 0.116. The van der Waals surface area contributed by atoms with Gasteiger partial charge in [-0.25, -0.2) is 0 Å². The molecule has 0 N–H and O–H groups in total. The van der Waals surface area contributed by atoms with Crippen LogP contribution in [0.3, 0.4) is 0 Å². The molecule has 2 rings (SSSR count). The largest absolute Gasteiger partial charge is 0.496 e. The van der Waals surface area contributed by atoms with Crippen molar-refractivity contribution >= 4 is 29.1 Å². The number of rotatable bonds is 7. The molecule has 5 heteroatoms. The Morgan fingerprint density at radius 3 is 2.83 bits per heavy atom. The predicted octanol–water partition coefficient (Wildman–Crippen LogP) is 5.64. The van der Waals surface area contributed by atoms with Gasteiger partial charge >= 0.3 is 0 Å². The summed E-state index contributed by atoms with van der Waals surface area (Å²) < 4.78 is 5.28. The van der Waals surface area contributed by atoms with Gasteiger partial charge in [0.1, 0.15) is 5.75 Å². The lowest BCUT2D eigenvalue weighted by Gasteiger charge is -2.16. The van der Waals surface area contributed by atoms with Crippen LogP contribution in [0.2, 0.25) is 5.02 Å². The molecule has 0 unspecified atom stereocenters. The average Bonchev–Trinajstić information content (AvgIpc) is 2.96. The molecule has 1 aromatic rings. The molecular formula is C19H22ClNO2S. The van der Waals surface area contributed by atoms with Crippen LogP contribution in [0.25, 0.3) is 0 Å². The fourth-order valence-electron chi connectivity index (χ4n) is 2.28. The SMILES string of the molecule is C=C(C)C1=CN(CCCC)/C(=C/C(=O)c2cc(Cl)ccc2OC)S1. The molecule has 128 valence electrons. The first-order chi connectivity index (χ1) is 11.5. The number of benzene rings is 1. The molecule has 1 aliphatic heterocycles. The zero-order valence-corrected chi connectivity index (χ0v) is 15.8. The van der Waals surface area contributed by atoms with E-state index in [9.17, 15) is 4.79 Å². The van der Waals surface area contributed by atoms with Crippen LogP contribution in [0.15, 0.2) is 52.6 Å². The van der Waals surface area contributed by atoms with Crippen LogP contribution >= 0.6 is 23.4 Å². The number of hydrogen-bond acceptors (Lipinski definition) is 4. The smallest absolute Gasteiger partial charge is 0.192 e. The van der Waals surface area contributed by atoms with Crippen LogP contribution in [0.5, 0.6) is 5.75 Å². The Morgan fingerprint density at radius 2 is 2.21 bits per heavy atom. The third-order valence-electron chi connectivity index (χ3n) is 3.63. The second kappa shape index (κ2) is 8.45. The number of ether oxygens (including phenoxy) is 1. The van der Waals surface area contributed by atoms with E-state index in [0.717, 1.165) is 34.9 Å². The molecule has 24 heavy (non-hydrogen) atoms. The van der Waals surface area contributed by atoms with E-state index in [1.807, 2.05) is 6.92 Å². The number of carbonyl (C=O) groups excluding carboxylic acids is 1. The van der Waals surface area contributed by atoms with Gasteiger partial charge in [0.2, 0.25) is 0 Å². The lowest BCUT2D eigenvalue weighted by atomic mass is 10.1. The van der Waals surface area contributed by atoms with E-state index in [-0.39, 0.29) is 5.78 Å². The van der Waals surface area contributed by atoms with Gasteiger partial charge in [-0.1, -0.05) is 43.3 Å². The molecule has 1 heterocycles. The van der Waals surface area contributed by atoms with Crippen molar-refractivity contribution in [2.75, 3.05) is 13.7 Å². The molecule has 0 aliphatic carbocycles. The summed E-state index contributed by atoms with van der Waals surface area (Å²) in [7, 11) is 1.55. The Labute approximate surface area is 153 Å². The van der Waals surface area contributed by atoms with Gasteiger partial charge in [-0.15, -0.1) is 0 Å².